The van der Waals surface area contributed by atoms with Gasteiger partial charge in [0, 0.05) is 6.04 Å². The van der Waals surface area contributed by atoms with Crippen LogP contribution in [0.5, 0.6) is 0 Å². The Bertz CT molecular complexity index is 519. The summed E-state index contributed by atoms with van der Waals surface area (Å²) in [6.45, 7) is 3.90. The maximum absolute atomic E-state index is 12.3. The number of esters is 1. The Morgan fingerprint density at radius 3 is 2.33 bits per heavy atom. The maximum atomic E-state index is 12.3. The minimum Gasteiger partial charge on any atom is -0.467 e. The predicted octanol–water partition coefficient (Wildman–Crippen LogP) is 0.882. The van der Waals surface area contributed by atoms with Crippen molar-refractivity contribution >= 4 is 11.9 Å². The monoisotopic (exact) mass is 336 g/mol. The third-order valence-corrected chi connectivity index (χ3v) is 3.83. The number of hydrogen-bond donors (Lipinski definition) is 3. The number of aliphatic hydroxyl groups is 1. The molecule has 6 heteroatoms. The van der Waals surface area contributed by atoms with Crippen LogP contribution in [0.4, 0.5) is 0 Å². The van der Waals surface area contributed by atoms with Crippen LogP contribution in [0, 0.1) is 5.92 Å². The van der Waals surface area contributed by atoms with E-state index < -0.39 is 30.1 Å². The summed E-state index contributed by atoms with van der Waals surface area (Å²) in [5.41, 5.74) is 1.01. The van der Waals surface area contributed by atoms with Crippen LogP contribution in [0.15, 0.2) is 30.3 Å². The van der Waals surface area contributed by atoms with Gasteiger partial charge in [-0.1, -0.05) is 44.2 Å². The molecule has 0 aliphatic carbocycles. The van der Waals surface area contributed by atoms with E-state index in [0.29, 0.717) is 12.8 Å². The van der Waals surface area contributed by atoms with Gasteiger partial charge in [0.15, 0.2) is 0 Å². The average molecular weight is 336 g/mol. The second-order valence-corrected chi connectivity index (χ2v) is 6.24. The Kier molecular flexibility index (Phi) is 8.43. The molecule has 1 amide bonds. The van der Waals surface area contributed by atoms with E-state index in [1.165, 1.54) is 7.11 Å². The lowest BCUT2D eigenvalue weighted by Gasteiger charge is -2.25. The molecule has 0 radical (unpaired) electrons. The second-order valence-electron chi connectivity index (χ2n) is 6.24. The Labute approximate surface area is 143 Å². The second kappa shape index (κ2) is 10.1. The van der Waals surface area contributed by atoms with Crippen molar-refractivity contribution in [2.45, 2.75) is 44.9 Å². The first-order chi connectivity index (χ1) is 11.4. The van der Waals surface area contributed by atoms with Crippen LogP contribution in [0.2, 0.25) is 0 Å². The number of hydrogen-bond acceptors (Lipinski definition) is 5. The first-order valence-electron chi connectivity index (χ1n) is 8.16. The third kappa shape index (κ3) is 6.29. The molecule has 0 spiro atoms. The van der Waals surface area contributed by atoms with Gasteiger partial charge in [0.05, 0.1) is 7.11 Å². The number of likely N-dealkylation sites (N-methyl/N-ethyl adjacent to an activating group) is 1. The largest absolute Gasteiger partial charge is 0.467 e. The number of carbonyl (C=O) groups excluding carboxylic acids is 2. The minimum atomic E-state index is -1.27. The van der Waals surface area contributed by atoms with E-state index >= 15 is 0 Å². The van der Waals surface area contributed by atoms with Crippen molar-refractivity contribution in [2.75, 3.05) is 14.2 Å². The summed E-state index contributed by atoms with van der Waals surface area (Å²) >= 11 is 0. The van der Waals surface area contributed by atoms with E-state index in [4.69, 9.17) is 4.74 Å². The molecule has 0 saturated carbocycles. The highest BCUT2D eigenvalue weighted by Crippen LogP contribution is 2.09. The van der Waals surface area contributed by atoms with Gasteiger partial charge in [-0.05, 0) is 31.4 Å². The number of methoxy groups -OCH3 is 1. The summed E-state index contributed by atoms with van der Waals surface area (Å²) in [6, 6.07) is 8.38. The Morgan fingerprint density at radius 2 is 1.83 bits per heavy atom. The zero-order valence-corrected chi connectivity index (χ0v) is 14.8. The molecule has 0 unspecified atom stereocenters. The number of ether oxygens (including phenoxy) is 1. The molecule has 0 fully saturated rings. The highest BCUT2D eigenvalue weighted by Gasteiger charge is 2.29. The lowest BCUT2D eigenvalue weighted by atomic mass is 9.99. The predicted molar refractivity (Wildman–Crippen MR) is 92.4 cm³/mol. The third-order valence-electron chi connectivity index (χ3n) is 3.83. The zero-order chi connectivity index (χ0) is 18.1. The number of nitrogens with one attached hydrogen (secondary N) is 2. The highest BCUT2D eigenvalue weighted by molar-refractivity contribution is 5.87. The summed E-state index contributed by atoms with van der Waals surface area (Å²) in [5.74, 6) is -0.884. The van der Waals surface area contributed by atoms with Crippen molar-refractivity contribution in [3.63, 3.8) is 0 Å². The first kappa shape index (κ1) is 20.1. The number of aliphatic hydroxyl groups excluding tert-OH is 1. The molecule has 0 heterocycles. The van der Waals surface area contributed by atoms with Gasteiger partial charge < -0.3 is 20.5 Å². The molecular formula is C18H28N2O4. The van der Waals surface area contributed by atoms with Crippen LogP contribution in [0.25, 0.3) is 0 Å². The standard InChI is InChI=1S/C18H28N2O4/c1-12(2)10-15(18(23)24-4)20-17(22)16(21)14(19-3)11-13-8-6-5-7-9-13/h5-9,12,14-16,19,21H,10-11H2,1-4H3,(H,20,22)/t14-,15+,16+/m1/s1. The molecule has 3 N–H and O–H groups in total. The molecular weight excluding hydrogens is 308 g/mol. The lowest BCUT2D eigenvalue weighted by molar-refractivity contribution is -0.147. The SMILES string of the molecule is CN[C@H](Cc1ccccc1)[C@H](O)C(=O)N[C@@H](CC(C)C)C(=O)OC. The van der Waals surface area contributed by atoms with Gasteiger partial charge in [-0.15, -0.1) is 0 Å². The van der Waals surface area contributed by atoms with Gasteiger partial charge in [-0.3, -0.25) is 4.79 Å². The normalized spacial score (nSPS) is 14.8. The fraction of sp³-hybridized carbons (Fsp3) is 0.556. The molecule has 0 saturated heterocycles. The maximum Gasteiger partial charge on any atom is 0.328 e. The number of amides is 1. The highest BCUT2D eigenvalue weighted by atomic mass is 16.5. The molecule has 0 aromatic heterocycles. The van der Waals surface area contributed by atoms with Gasteiger partial charge in [0.25, 0.3) is 5.91 Å². The van der Waals surface area contributed by atoms with Gasteiger partial charge in [0.1, 0.15) is 12.1 Å². The van der Waals surface area contributed by atoms with Crippen LogP contribution in [0.1, 0.15) is 25.8 Å². The van der Waals surface area contributed by atoms with Crippen LogP contribution < -0.4 is 10.6 Å². The summed E-state index contributed by atoms with van der Waals surface area (Å²) in [5, 5.41) is 15.9. The minimum absolute atomic E-state index is 0.205. The van der Waals surface area contributed by atoms with Crippen LogP contribution in [0.3, 0.4) is 0 Å². The van der Waals surface area contributed by atoms with E-state index in [1.54, 1.807) is 7.05 Å². The molecule has 6 nitrogen and oxygen atoms in total. The Hall–Kier alpha value is -1.92. The van der Waals surface area contributed by atoms with E-state index in [9.17, 15) is 14.7 Å². The van der Waals surface area contributed by atoms with Crippen molar-refractivity contribution in [3.05, 3.63) is 35.9 Å². The van der Waals surface area contributed by atoms with E-state index in [0.717, 1.165) is 5.56 Å². The molecule has 0 aliphatic rings. The molecule has 0 bridgehead atoms. The van der Waals surface area contributed by atoms with Crippen molar-refractivity contribution in [1.29, 1.82) is 0 Å². The van der Waals surface area contributed by atoms with Crippen molar-refractivity contribution < 1.29 is 19.4 Å². The lowest BCUT2D eigenvalue weighted by Crippen LogP contribution is -2.53. The number of rotatable bonds is 9. The molecule has 0 aliphatic heterocycles. The summed E-state index contributed by atoms with van der Waals surface area (Å²) < 4.78 is 4.73. The topological polar surface area (TPSA) is 87.7 Å². The Morgan fingerprint density at radius 1 is 1.21 bits per heavy atom. The zero-order valence-electron chi connectivity index (χ0n) is 14.8. The molecule has 1 aromatic rings. The number of carbonyl (C=O) groups is 2. The van der Waals surface area contributed by atoms with Gasteiger partial charge >= 0.3 is 5.97 Å². The summed E-state index contributed by atoms with van der Waals surface area (Å²) in [7, 11) is 2.97. The quantitative estimate of drug-likeness (QED) is 0.583. The summed E-state index contributed by atoms with van der Waals surface area (Å²) in [4.78, 5) is 24.1. The van der Waals surface area contributed by atoms with Crippen molar-refractivity contribution in [1.82, 2.24) is 10.6 Å². The van der Waals surface area contributed by atoms with Gasteiger partial charge in [-0.25, -0.2) is 4.79 Å². The molecule has 1 aromatic carbocycles. The molecule has 134 valence electrons. The summed E-state index contributed by atoms with van der Waals surface area (Å²) in [6.07, 6.45) is -0.318. The first-order valence-corrected chi connectivity index (χ1v) is 8.16. The van der Waals surface area contributed by atoms with Crippen LogP contribution >= 0.6 is 0 Å². The van der Waals surface area contributed by atoms with E-state index in [-0.39, 0.29) is 5.92 Å². The van der Waals surface area contributed by atoms with E-state index in [1.807, 2.05) is 44.2 Å². The van der Waals surface area contributed by atoms with Gasteiger partial charge in [-0.2, -0.15) is 0 Å². The van der Waals surface area contributed by atoms with E-state index in [2.05, 4.69) is 10.6 Å². The van der Waals surface area contributed by atoms with Crippen molar-refractivity contribution in [2.24, 2.45) is 5.92 Å². The van der Waals surface area contributed by atoms with Crippen molar-refractivity contribution in [3.8, 4) is 0 Å². The molecule has 3 atom stereocenters. The molecule has 24 heavy (non-hydrogen) atoms. The fourth-order valence-electron chi connectivity index (χ4n) is 2.51. The molecule has 1 rings (SSSR count). The Balaban J connectivity index is 2.73. The fourth-order valence-corrected chi connectivity index (χ4v) is 2.51. The smallest absolute Gasteiger partial charge is 0.328 e. The van der Waals surface area contributed by atoms with Gasteiger partial charge in [0.2, 0.25) is 0 Å². The van der Waals surface area contributed by atoms with Crippen LogP contribution in [-0.2, 0) is 20.7 Å². The van der Waals surface area contributed by atoms with Crippen LogP contribution in [-0.4, -0.2) is 49.3 Å². The average Bonchev–Trinajstić information content (AvgIpc) is 2.58. The number of benzene rings is 1.